The molecular weight excluding hydrogens is 412 g/mol. The molecule has 2 rings (SSSR count). The lowest BCUT2D eigenvalue weighted by Gasteiger charge is -2.31. The molecule has 0 spiro atoms. The van der Waals surface area contributed by atoms with E-state index in [-0.39, 0.29) is 56.7 Å². The average Bonchev–Trinajstić information content (AvgIpc) is 2.68. The summed E-state index contributed by atoms with van der Waals surface area (Å²) in [7, 11) is 0. The standard InChI is InChI=1S/C24H30N2O6/c1-9(2)11(5)15-16(12(6)10(3)4)20(22(26)28)18-14(24(31)32)8-7-13(23(29)30)17(18)19(15)21(25)27/h7-12H,1-6H3,(H2,25,27)(H2,26,28)(H,29,30)(H,31,32). The highest BCUT2D eigenvalue weighted by atomic mass is 16.4. The number of carboxylic acid groups (broad SMARTS) is 2. The third-order valence-corrected chi connectivity index (χ3v) is 6.40. The van der Waals surface area contributed by atoms with E-state index in [2.05, 4.69) is 0 Å². The molecule has 0 radical (unpaired) electrons. The Morgan fingerprint density at radius 2 is 0.938 bits per heavy atom. The second-order valence-corrected chi connectivity index (χ2v) is 8.89. The van der Waals surface area contributed by atoms with Gasteiger partial charge in [0, 0.05) is 10.8 Å². The Morgan fingerprint density at radius 1 is 0.656 bits per heavy atom. The van der Waals surface area contributed by atoms with Crippen molar-refractivity contribution in [2.45, 2.75) is 53.4 Å². The summed E-state index contributed by atoms with van der Waals surface area (Å²) in [6, 6.07) is 2.22. The molecule has 0 fully saturated rings. The number of nitrogens with two attached hydrogens (primary N) is 2. The van der Waals surface area contributed by atoms with E-state index in [0.717, 1.165) is 12.1 Å². The summed E-state index contributed by atoms with van der Waals surface area (Å²) in [4.78, 5) is 49.8. The van der Waals surface area contributed by atoms with Crippen molar-refractivity contribution >= 4 is 34.5 Å². The largest absolute Gasteiger partial charge is 0.478 e. The number of hydrogen-bond donors (Lipinski definition) is 4. The van der Waals surface area contributed by atoms with Crippen LogP contribution in [0.15, 0.2) is 12.1 Å². The van der Waals surface area contributed by atoms with Crippen molar-refractivity contribution in [1.29, 1.82) is 0 Å². The summed E-state index contributed by atoms with van der Waals surface area (Å²) in [5.74, 6) is -5.14. The van der Waals surface area contributed by atoms with Gasteiger partial charge in [-0.25, -0.2) is 9.59 Å². The van der Waals surface area contributed by atoms with Crippen LogP contribution in [0, 0.1) is 11.8 Å². The predicted molar refractivity (Wildman–Crippen MR) is 121 cm³/mol. The molecule has 172 valence electrons. The summed E-state index contributed by atoms with van der Waals surface area (Å²) in [6.07, 6.45) is 0. The minimum absolute atomic E-state index is 0.000299. The number of carboxylic acids is 2. The van der Waals surface area contributed by atoms with E-state index < -0.39 is 23.8 Å². The fourth-order valence-corrected chi connectivity index (χ4v) is 4.14. The first kappa shape index (κ1) is 24.8. The molecule has 0 bridgehead atoms. The molecular formula is C24H30N2O6. The maximum Gasteiger partial charge on any atom is 0.336 e. The molecule has 2 aromatic rings. The van der Waals surface area contributed by atoms with Crippen molar-refractivity contribution in [2.24, 2.45) is 23.3 Å². The average molecular weight is 443 g/mol. The summed E-state index contributed by atoms with van der Waals surface area (Å²) in [5.41, 5.74) is 11.7. The van der Waals surface area contributed by atoms with E-state index >= 15 is 0 Å². The van der Waals surface area contributed by atoms with Crippen LogP contribution in [0.1, 0.15) is 106 Å². The zero-order valence-electron chi connectivity index (χ0n) is 19.1. The minimum atomic E-state index is -1.38. The lowest BCUT2D eigenvalue weighted by atomic mass is 9.72. The molecule has 2 atom stereocenters. The van der Waals surface area contributed by atoms with Crippen LogP contribution in [-0.2, 0) is 0 Å². The van der Waals surface area contributed by atoms with Crippen molar-refractivity contribution in [3.05, 3.63) is 45.5 Å². The molecule has 0 saturated carbocycles. The number of aromatic carboxylic acids is 2. The highest BCUT2D eigenvalue weighted by molar-refractivity contribution is 6.24. The van der Waals surface area contributed by atoms with Gasteiger partial charge in [-0.05, 0) is 46.9 Å². The Morgan fingerprint density at radius 3 is 1.12 bits per heavy atom. The molecule has 2 unspecified atom stereocenters. The van der Waals surface area contributed by atoms with Gasteiger partial charge < -0.3 is 21.7 Å². The predicted octanol–water partition coefficient (Wildman–Crippen LogP) is 3.95. The van der Waals surface area contributed by atoms with Gasteiger partial charge in [-0.1, -0.05) is 41.5 Å². The highest BCUT2D eigenvalue weighted by Crippen LogP contribution is 2.44. The molecule has 0 aliphatic carbocycles. The summed E-state index contributed by atoms with van der Waals surface area (Å²) in [5, 5.41) is 19.3. The van der Waals surface area contributed by atoms with E-state index in [4.69, 9.17) is 11.5 Å². The van der Waals surface area contributed by atoms with Gasteiger partial charge in [-0.3, -0.25) is 9.59 Å². The molecule has 8 heteroatoms. The van der Waals surface area contributed by atoms with Crippen LogP contribution in [0.5, 0.6) is 0 Å². The SMILES string of the molecule is CC(C)C(C)c1c(C(C)C(C)C)c(C(N)=O)c2c(C(=O)O)ccc(C(=O)O)c2c1C(N)=O. The number of fused-ring (bicyclic) bond motifs is 1. The van der Waals surface area contributed by atoms with Gasteiger partial charge in [-0.2, -0.15) is 0 Å². The van der Waals surface area contributed by atoms with Crippen LogP contribution in [0.4, 0.5) is 0 Å². The summed E-state index contributed by atoms with van der Waals surface area (Å²) in [6.45, 7) is 11.4. The van der Waals surface area contributed by atoms with Gasteiger partial charge in [0.05, 0.1) is 22.3 Å². The van der Waals surface area contributed by atoms with Crippen molar-refractivity contribution in [1.82, 2.24) is 0 Å². The second-order valence-electron chi connectivity index (χ2n) is 8.89. The number of carbonyl (C=O) groups excluding carboxylic acids is 2. The van der Waals surface area contributed by atoms with E-state index in [1.807, 2.05) is 41.5 Å². The molecule has 0 aliphatic rings. The normalized spacial score (nSPS) is 13.4. The van der Waals surface area contributed by atoms with E-state index in [9.17, 15) is 29.4 Å². The number of amides is 2. The van der Waals surface area contributed by atoms with Gasteiger partial charge >= 0.3 is 11.9 Å². The Labute approximate surface area is 186 Å². The fraction of sp³-hybridized carbons (Fsp3) is 0.417. The molecule has 0 saturated heterocycles. The molecule has 6 N–H and O–H groups in total. The van der Waals surface area contributed by atoms with Gasteiger partial charge in [0.25, 0.3) is 0 Å². The lowest BCUT2D eigenvalue weighted by Crippen LogP contribution is -2.27. The minimum Gasteiger partial charge on any atom is -0.478 e. The Kier molecular flexibility index (Phi) is 6.97. The van der Waals surface area contributed by atoms with Gasteiger partial charge in [-0.15, -0.1) is 0 Å². The first-order chi connectivity index (χ1) is 14.7. The molecule has 0 aromatic heterocycles. The van der Waals surface area contributed by atoms with Crippen molar-refractivity contribution in [2.75, 3.05) is 0 Å². The summed E-state index contributed by atoms with van der Waals surface area (Å²) < 4.78 is 0. The zero-order valence-corrected chi connectivity index (χ0v) is 19.1. The van der Waals surface area contributed by atoms with Crippen LogP contribution < -0.4 is 11.5 Å². The number of hydrogen-bond acceptors (Lipinski definition) is 4. The zero-order chi connectivity index (χ0) is 24.7. The number of carbonyl (C=O) groups is 4. The van der Waals surface area contributed by atoms with Crippen LogP contribution in [0.2, 0.25) is 0 Å². The first-order valence-corrected chi connectivity index (χ1v) is 10.5. The van der Waals surface area contributed by atoms with Crippen molar-refractivity contribution in [3.63, 3.8) is 0 Å². The quantitative estimate of drug-likeness (QED) is 0.484. The van der Waals surface area contributed by atoms with Gasteiger partial charge in [0.2, 0.25) is 11.8 Å². The smallest absolute Gasteiger partial charge is 0.336 e. The molecule has 32 heavy (non-hydrogen) atoms. The van der Waals surface area contributed by atoms with Crippen LogP contribution in [0.25, 0.3) is 10.8 Å². The second kappa shape index (κ2) is 8.98. The topological polar surface area (TPSA) is 161 Å². The van der Waals surface area contributed by atoms with E-state index in [1.165, 1.54) is 0 Å². The molecule has 2 amide bonds. The number of rotatable bonds is 8. The van der Waals surface area contributed by atoms with Gasteiger partial charge in [0.1, 0.15) is 0 Å². The Bertz CT molecular complexity index is 1040. The maximum absolute atomic E-state index is 12.8. The highest BCUT2D eigenvalue weighted by Gasteiger charge is 2.35. The maximum atomic E-state index is 12.8. The molecule has 0 aliphatic heterocycles. The fourth-order valence-electron chi connectivity index (χ4n) is 4.14. The molecule has 2 aromatic carbocycles. The van der Waals surface area contributed by atoms with Crippen LogP contribution in [-0.4, -0.2) is 34.0 Å². The van der Waals surface area contributed by atoms with E-state index in [1.54, 1.807) is 0 Å². The number of benzene rings is 2. The Hall–Kier alpha value is -3.42. The molecule has 8 nitrogen and oxygen atoms in total. The molecule has 0 heterocycles. The number of primary amides is 2. The van der Waals surface area contributed by atoms with Crippen molar-refractivity contribution in [3.8, 4) is 0 Å². The third kappa shape index (κ3) is 4.04. The summed E-state index contributed by atoms with van der Waals surface area (Å²) >= 11 is 0. The van der Waals surface area contributed by atoms with E-state index in [0.29, 0.717) is 11.1 Å². The van der Waals surface area contributed by atoms with Crippen LogP contribution in [0.3, 0.4) is 0 Å². The Balaban J connectivity index is 3.50. The third-order valence-electron chi connectivity index (χ3n) is 6.40. The van der Waals surface area contributed by atoms with Crippen molar-refractivity contribution < 1.29 is 29.4 Å². The lowest BCUT2D eigenvalue weighted by molar-refractivity contribution is 0.0684. The van der Waals surface area contributed by atoms with Gasteiger partial charge in [0.15, 0.2) is 0 Å². The van der Waals surface area contributed by atoms with Crippen LogP contribution >= 0.6 is 0 Å². The first-order valence-electron chi connectivity index (χ1n) is 10.5. The monoisotopic (exact) mass is 442 g/mol.